The number of piperazine rings is 1. The van der Waals surface area contributed by atoms with E-state index in [1.807, 2.05) is 0 Å². The number of carboxylic acids is 1. The molecular weight excluding hydrogens is 322 g/mol. The zero-order valence-corrected chi connectivity index (χ0v) is 12.9. The summed E-state index contributed by atoms with van der Waals surface area (Å²) in [6.45, 7) is 0.506. The molecule has 130 valence electrons. The fourth-order valence-corrected chi connectivity index (χ4v) is 3.40. The number of hydrogen-bond acceptors (Lipinski definition) is 4. The molecule has 2 saturated heterocycles. The van der Waals surface area contributed by atoms with Crippen molar-refractivity contribution in [2.75, 3.05) is 26.3 Å². The van der Waals surface area contributed by atoms with Crippen molar-refractivity contribution in [2.24, 2.45) is 0 Å². The number of carboxylic acid groups (broad SMARTS) is 1. The van der Waals surface area contributed by atoms with E-state index in [1.54, 1.807) is 0 Å². The number of aliphatic carboxylic acids is 1. The fourth-order valence-electron chi connectivity index (χ4n) is 3.40. The molecular formula is C16H18F2N2O4. The summed E-state index contributed by atoms with van der Waals surface area (Å²) in [6.07, 6.45) is 0.873. The maximum absolute atomic E-state index is 13.5. The topological polar surface area (TPSA) is 78.9 Å². The highest BCUT2D eigenvalue weighted by Crippen LogP contribution is 2.33. The Hall–Kier alpha value is -2.06. The standard InChI is InChI=1S/C16H18F2N2O4/c17-11-5-10(6-12(18)7-11)13-8-19-16(1-3-24-4-2-16)15(23)20(13)9-14(21)22/h5-7,13,19H,1-4,8-9H2,(H,21,22)/t13-/m1/s1. The molecule has 3 rings (SSSR count). The minimum atomic E-state index is -1.17. The summed E-state index contributed by atoms with van der Waals surface area (Å²) in [5, 5.41) is 12.3. The molecule has 0 aromatic heterocycles. The monoisotopic (exact) mass is 340 g/mol. The lowest BCUT2D eigenvalue weighted by molar-refractivity contribution is -0.156. The van der Waals surface area contributed by atoms with E-state index in [4.69, 9.17) is 9.84 Å². The number of carbonyl (C=O) groups is 2. The molecule has 0 unspecified atom stereocenters. The Morgan fingerprint density at radius 3 is 2.50 bits per heavy atom. The number of nitrogens with zero attached hydrogens (tertiary/aromatic N) is 1. The highest BCUT2D eigenvalue weighted by molar-refractivity contribution is 5.90. The van der Waals surface area contributed by atoms with Gasteiger partial charge in [-0.3, -0.25) is 9.59 Å². The zero-order chi connectivity index (χ0) is 17.3. The highest BCUT2D eigenvalue weighted by atomic mass is 19.1. The molecule has 1 spiro atoms. The average Bonchev–Trinajstić information content (AvgIpc) is 2.52. The van der Waals surface area contributed by atoms with Crippen LogP contribution in [-0.2, 0) is 14.3 Å². The number of nitrogens with one attached hydrogen (secondary N) is 1. The van der Waals surface area contributed by atoms with Gasteiger partial charge in [-0.2, -0.15) is 0 Å². The first-order valence-electron chi connectivity index (χ1n) is 7.73. The third-order valence-electron chi connectivity index (χ3n) is 4.60. The molecule has 1 atom stereocenters. The van der Waals surface area contributed by atoms with Crippen molar-refractivity contribution in [3.8, 4) is 0 Å². The van der Waals surface area contributed by atoms with Crippen molar-refractivity contribution < 1.29 is 28.2 Å². The summed E-state index contributed by atoms with van der Waals surface area (Å²) in [7, 11) is 0. The van der Waals surface area contributed by atoms with Crippen LogP contribution < -0.4 is 5.32 Å². The fraction of sp³-hybridized carbons (Fsp3) is 0.500. The molecule has 6 nitrogen and oxygen atoms in total. The van der Waals surface area contributed by atoms with Gasteiger partial charge in [0.15, 0.2) is 0 Å². The molecule has 2 N–H and O–H groups in total. The number of benzene rings is 1. The Bertz CT molecular complexity index is 641. The van der Waals surface area contributed by atoms with Gasteiger partial charge in [-0.25, -0.2) is 8.78 Å². The maximum Gasteiger partial charge on any atom is 0.323 e. The Morgan fingerprint density at radius 1 is 1.29 bits per heavy atom. The van der Waals surface area contributed by atoms with Gasteiger partial charge in [-0.15, -0.1) is 0 Å². The maximum atomic E-state index is 13.5. The molecule has 0 saturated carbocycles. The van der Waals surface area contributed by atoms with Crippen molar-refractivity contribution >= 4 is 11.9 Å². The number of ether oxygens (including phenoxy) is 1. The molecule has 2 heterocycles. The van der Waals surface area contributed by atoms with E-state index in [9.17, 15) is 18.4 Å². The zero-order valence-electron chi connectivity index (χ0n) is 12.9. The smallest absolute Gasteiger partial charge is 0.323 e. The van der Waals surface area contributed by atoms with Crippen molar-refractivity contribution in [1.82, 2.24) is 10.2 Å². The molecule has 2 aliphatic heterocycles. The third kappa shape index (κ3) is 3.11. The van der Waals surface area contributed by atoms with Crippen molar-refractivity contribution in [2.45, 2.75) is 24.4 Å². The molecule has 8 heteroatoms. The van der Waals surface area contributed by atoms with Gasteiger partial charge in [0.25, 0.3) is 0 Å². The Balaban J connectivity index is 1.94. The number of rotatable bonds is 3. The van der Waals surface area contributed by atoms with Gasteiger partial charge in [0, 0.05) is 25.8 Å². The molecule has 1 aromatic carbocycles. The van der Waals surface area contributed by atoms with Gasteiger partial charge >= 0.3 is 5.97 Å². The first-order valence-corrected chi connectivity index (χ1v) is 7.73. The van der Waals surface area contributed by atoms with Crippen LogP contribution in [0, 0.1) is 11.6 Å². The molecule has 0 aliphatic carbocycles. The molecule has 1 aromatic rings. The van der Waals surface area contributed by atoms with Crippen LogP contribution in [0.5, 0.6) is 0 Å². The van der Waals surface area contributed by atoms with Crippen LogP contribution in [0.25, 0.3) is 0 Å². The first kappa shape index (κ1) is 16.8. The minimum absolute atomic E-state index is 0.224. The largest absolute Gasteiger partial charge is 0.480 e. The second kappa shape index (κ2) is 6.45. The lowest BCUT2D eigenvalue weighted by Gasteiger charge is -2.48. The van der Waals surface area contributed by atoms with Gasteiger partial charge < -0.3 is 20.1 Å². The summed E-state index contributed by atoms with van der Waals surface area (Å²) in [6, 6.07) is 2.24. The van der Waals surface area contributed by atoms with Crippen LogP contribution in [0.1, 0.15) is 24.4 Å². The molecule has 2 aliphatic rings. The predicted molar refractivity (Wildman–Crippen MR) is 79.2 cm³/mol. The Kier molecular flexibility index (Phi) is 4.51. The molecule has 0 bridgehead atoms. The van der Waals surface area contributed by atoms with E-state index in [-0.39, 0.29) is 18.0 Å². The van der Waals surface area contributed by atoms with Crippen molar-refractivity contribution in [1.29, 1.82) is 0 Å². The van der Waals surface area contributed by atoms with E-state index < -0.39 is 35.7 Å². The second-order valence-electron chi connectivity index (χ2n) is 6.12. The van der Waals surface area contributed by atoms with E-state index in [0.29, 0.717) is 26.1 Å². The van der Waals surface area contributed by atoms with Gasteiger partial charge in [0.05, 0.1) is 6.04 Å². The lowest BCUT2D eigenvalue weighted by Crippen LogP contribution is -2.67. The van der Waals surface area contributed by atoms with E-state index in [1.165, 1.54) is 4.90 Å². The van der Waals surface area contributed by atoms with Crippen LogP contribution in [0.4, 0.5) is 8.78 Å². The predicted octanol–water partition coefficient (Wildman–Crippen LogP) is 1.07. The molecule has 0 radical (unpaired) electrons. The third-order valence-corrected chi connectivity index (χ3v) is 4.60. The van der Waals surface area contributed by atoms with Gasteiger partial charge in [-0.05, 0) is 30.5 Å². The molecule has 2 fully saturated rings. The molecule has 24 heavy (non-hydrogen) atoms. The summed E-state index contributed by atoms with van der Waals surface area (Å²) in [4.78, 5) is 25.3. The van der Waals surface area contributed by atoms with E-state index >= 15 is 0 Å². The summed E-state index contributed by atoms with van der Waals surface area (Å²) in [5.74, 6) is -3.07. The summed E-state index contributed by atoms with van der Waals surface area (Å²) < 4.78 is 32.3. The van der Waals surface area contributed by atoms with Crippen LogP contribution in [0.3, 0.4) is 0 Å². The minimum Gasteiger partial charge on any atom is -0.480 e. The number of hydrogen-bond donors (Lipinski definition) is 2. The second-order valence-corrected chi connectivity index (χ2v) is 6.12. The van der Waals surface area contributed by atoms with Gasteiger partial charge in [-0.1, -0.05) is 0 Å². The number of halogens is 2. The first-order chi connectivity index (χ1) is 11.4. The van der Waals surface area contributed by atoms with Crippen LogP contribution in [0.2, 0.25) is 0 Å². The number of amides is 1. The quantitative estimate of drug-likeness (QED) is 0.861. The number of carbonyl (C=O) groups excluding carboxylic acids is 1. The van der Waals surface area contributed by atoms with Crippen molar-refractivity contribution in [3.63, 3.8) is 0 Å². The van der Waals surface area contributed by atoms with Crippen LogP contribution >= 0.6 is 0 Å². The van der Waals surface area contributed by atoms with E-state index in [0.717, 1.165) is 18.2 Å². The summed E-state index contributed by atoms with van der Waals surface area (Å²) in [5.41, 5.74) is -0.632. The SMILES string of the molecule is O=C(O)CN1C(=O)C2(CCOCC2)NC[C@@H]1c1cc(F)cc(F)c1. The lowest BCUT2D eigenvalue weighted by atomic mass is 9.84. The summed E-state index contributed by atoms with van der Waals surface area (Å²) >= 11 is 0. The van der Waals surface area contributed by atoms with Crippen molar-refractivity contribution in [3.05, 3.63) is 35.4 Å². The van der Waals surface area contributed by atoms with Gasteiger partial charge in [0.1, 0.15) is 23.7 Å². The van der Waals surface area contributed by atoms with Crippen LogP contribution in [-0.4, -0.2) is 53.7 Å². The Morgan fingerprint density at radius 2 is 1.92 bits per heavy atom. The molecule has 1 amide bonds. The van der Waals surface area contributed by atoms with Crippen LogP contribution in [0.15, 0.2) is 18.2 Å². The average molecular weight is 340 g/mol. The Labute approximate surface area is 137 Å². The highest BCUT2D eigenvalue weighted by Gasteiger charge is 2.48. The normalized spacial score (nSPS) is 23.5. The van der Waals surface area contributed by atoms with Gasteiger partial charge in [0.2, 0.25) is 5.91 Å². The van der Waals surface area contributed by atoms with E-state index in [2.05, 4.69) is 5.32 Å².